The van der Waals surface area contributed by atoms with Crippen LogP contribution in [0, 0.1) is 0 Å². The number of hydrogen-bond donors (Lipinski definition) is 0. The molecule has 0 radical (unpaired) electrons. The molecule has 2 aromatic rings. The predicted octanol–water partition coefficient (Wildman–Crippen LogP) is 2.53. The second kappa shape index (κ2) is 6.89. The molecule has 2 heterocycles. The third-order valence-electron chi connectivity index (χ3n) is 4.52. The summed E-state index contributed by atoms with van der Waals surface area (Å²) in [6, 6.07) is 18.9. The van der Waals surface area contributed by atoms with Gasteiger partial charge in [0.2, 0.25) is 0 Å². The SMILES string of the molecule is O=C(Cc1ccccc1)N=C1S[C@H]2CS(=O)(=O)C[C@@H]2N1c1ccccc1. The van der Waals surface area contributed by atoms with Crippen molar-refractivity contribution in [2.45, 2.75) is 17.7 Å². The van der Waals surface area contributed by atoms with Crippen molar-refractivity contribution in [1.29, 1.82) is 0 Å². The van der Waals surface area contributed by atoms with E-state index in [4.69, 9.17) is 0 Å². The van der Waals surface area contributed by atoms with E-state index in [1.165, 1.54) is 11.8 Å². The summed E-state index contributed by atoms with van der Waals surface area (Å²) in [5.41, 5.74) is 1.79. The molecule has 0 aliphatic carbocycles. The summed E-state index contributed by atoms with van der Waals surface area (Å²) >= 11 is 1.40. The lowest BCUT2D eigenvalue weighted by molar-refractivity contribution is -0.117. The number of aliphatic imine (C=N–C) groups is 1. The minimum absolute atomic E-state index is 0.0801. The number of amidine groups is 1. The van der Waals surface area contributed by atoms with Crippen molar-refractivity contribution in [2.24, 2.45) is 4.99 Å². The van der Waals surface area contributed by atoms with Crippen LogP contribution < -0.4 is 4.90 Å². The van der Waals surface area contributed by atoms with Crippen molar-refractivity contribution < 1.29 is 13.2 Å². The van der Waals surface area contributed by atoms with Crippen molar-refractivity contribution >= 4 is 38.4 Å². The molecule has 5 nitrogen and oxygen atoms in total. The summed E-state index contributed by atoms with van der Waals surface area (Å²) in [5.74, 6) is 0.0192. The van der Waals surface area contributed by atoms with E-state index in [9.17, 15) is 13.2 Å². The van der Waals surface area contributed by atoms with Gasteiger partial charge in [-0.3, -0.25) is 4.79 Å². The normalized spacial score (nSPS) is 25.4. The van der Waals surface area contributed by atoms with Crippen LogP contribution in [-0.4, -0.2) is 42.3 Å². The van der Waals surface area contributed by atoms with Crippen LogP contribution in [0.2, 0.25) is 0 Å². The Morgan fingerprint density at radius 3 is 2.38 bits per heavy atom. The third kappa shape index (κ3) is 3.54. The number of fused-ring (bicyclic) bond motifs is 1. The van der Waals surface area contributed by atoms with Crippen LogP contribution >= 0.6 is 11.8 Å². The first-order valence-corrected chi connectivity index (χ1v) is 11.1. The molecule has 0 spiro atoms. The molecule has 2 atom stereocenters. The fourth-order valence-electron chi connectivity index (χ4n) is 3.37. The molecule has 7 heteroatoms. The molecule has 0 N–H and O–H groups in total. The van der Waals surface area contributed by atoms with E-state index in [0.29, 0.717) is 5.17 Å². The molecule has 1 amide bonds. The lowest BCUT2D eigenvalue weighted by Gasteiger charge is -2.24. The molecule has 0 saturated carbocycles. The molecule has 134 valence electrons. The number of rotatable bonds is 3. The van der Waals surface area contributed by atoms with Gasteiger partial charge in [0.25, 0.3) is 5.91 Å². The number of nitrogens with zero attached hydrogens (tertiary/aromatic N) is 2. The van der Waals surface area contributed by atoms with Gasteiger partial charge in [-0.25, -0.2) is 8.42 Å². The maximum Gasteiger partial charge on any atom is 0.252 e. The van der Waals surface area contributed by atoms with Crippen molar-refractivity contribution in [2.75, 3.05) is 16.4 Å². The summed E-state index contributed by atoms with van der Waals surface area (Å²) < 4.78 is 24.1. The number of amides is 1. The van der Waals surface area contributed by atoms with E-state index < -0.39 is 9.84 Å². The Labute approximate surface area is 157 Å². The standard InChI is InChI=1S/C19H18N2O3S2/c22-18(11-14-7-3-1-4-8-14)20-19-21(15-9-5-2-6-10-15)16-12-26(23,24)13-17(16)25-19/h1-10,16-17H,11-13H2/t16-,17-/m0/s1. The number of anilines is 1. The van der Waals surface area contributed by atoms with Gasteiger partial charge in [0, 0.05) is 10.9 Å². The molecule has 2 fully saturated rings. The molecule has 2 aromatic carbocycles. The van der Waals surface area contributed by atoms with Crippen molar-refractivity contribution in [3.05, 3.63) is 66.2 Å². The molecule has 2 saturated heterocycles. The predicted molar refractivity (Wildman–Crippen MR) is 105 cm³/mol. The summed E-state index contributed by atoms with van der Waals surface area (Å²) in [4.78, 5) is 18.7. The first kappa shape index (κ1) is 17.3. The average Bonchev–Trinajstić information content (AvgIpc) is 3.07. The van der Waals surface area contributed by atoms with Crippen LogP contribution in [0.3, 0.4) is 0 Å². The number of thioether (sulfide) groups is 1. The molecule has 0 bridgehead atoms. The quantitative estimate of drug-likeness (QED) is 0.811. The summed E-state index contributed by atoms with van der Waals surface area (Å²) in [5, 5.41) is 0.519. The van der Waals surface area contributed by atoms with Gasteiger partial charge in [0.15, 0.2) is 15.0 Å². The Hall–Kier alpha value is -2.12. The molecule has 0 unspecified atom stereocenters. The lowest BCUT2D eigenvalue weighted by atomic mass is 10.1. The Bertz CT molecular complexity index is 943. The van der Waals surface area contributed by atoms with Crippen LogP contribution in [-0.2, 0) is 21.1 Å². The molecule has 4 rings (SSSR count). The fourth-order valence-corrected chi connectivity index (χ4v) is 7.30. The highest BCUT2D eigenvalue weighted by Gasteiger charge is 2.49. The van der Waals surface area contributed by atoms with Crippen LogP contribution in [0.5, 0.6) is 0 Å². The Morgan fingerprint density at radius 2 is 1.69 bits per heavy atom. The zero-order valence-corrected chi connectivity index (χ0v) is 15.6. The molecule has 2 aliphatic rings. The molecular weight excluding hydrogens is 368 g/mol. The number of carbonyl (C=O) groups is 1. The molecule has 2 aliphatic heterocycles. The minimum atomic E-state index is -3.05. The topological polar surface area (TPSA) is 66.8 Å². The van der Waals surface area contributed by atoms with Gasteiger partial charge in [-0.05, 0) is 17.7 Å². The molecular formula is C19H18N2O3S2. The maximum absolute atomic E-state index is 12.4. The summed E-state index contributed by atoms with van der Waals surface area (Å²) in [6.45, 7) is 0. The van der Waals surface area contributed by atoms with Crippen LogP contribution in [0.15, 0.2) is 65.7 Å². The van der Waals surface area contributed by atoms with E-state index in [1.807, 2.05) is 65.6 Å². The van der Waals surface area contributed by atoms with E-state index in [1.54, 1.807) is 0 Å². The first-order chi connectivity index (χ1) is 12.5. The highest BCUT2D eigenvalue weighted by molar-refractivity contribution is 8.16. The van der Waals surface area contributed by atoms with Gasteiger partial charge < -0.3 is 4.90 Å². The zero-order valence-electron chi connectivity index (χ0n) is 14.0. The van der Waals surface area contributed by atoms with E-state index in [-0.39, 0.29) is 35.1 Å². The molecule has 26 heavy (non-hydrogen) atoms. The highest BCUT2D eigenvalue weighted by Crippen LogP contribution is 2.40. The van der Waals surface area contributed by atoms with Gasteiger partial charge in [-0.1, -0.05) is 60.3 Å². The Balaban J connectivity index is 1.63. The fraction of sp³-hybridized carbons (Fsp3) is 0.263. The van der Waals surface area contributed by atoms with Crippen LogP contribution in [0.4, 0.5) is 5.69 Å². The Kier molecular flexibility index (Phi) is 4.58. The van der Waals surface area contributed by atoms with Gasteiger partial charge in [-0.2, -0.15) is 4.99 Å². The number of hydrogen-bond acceptors (Lipinski definition) is 4. The first-order valence-electron chi connectivity index (χ1n) is 8.39. The van der Waals surface area contributed by atoms with Crippen molar-refractivity contribution in [3.8, 4) is 0 Å². The average molecular weight is 386 g/mol. The number of benzene rings is 2. The lowest BCUT2D eigenvalue weighted by Crippen LogP contribution is -2.37. The Morgan fingerprint density at radius 1 is 1.04 bits per heavy atom. The van der Waals surface area contributed by atoms with Crippen molar-refractivity contribution in [1.82, 2.24) is 0 Å². The number of carbonyl (C=O) groups excluding carboxylic acids is 1. The second-order valence-corrected chi connectivity index (χ2v) is 9.82. The van der Waals surface area contributed by atoms with Gasteiger partial charge in [0.1, 0.15) is 0 Å². The largest absolute Gasteiger partial charge is 0.316 e. The van der Waals surface area contributed by atoms with Crippen LogP contribution in [0.1, 0.15) is 5.56 Å². The van der Waals surface area contributed by atoms with E-state index in [0.717, 1.165) is 11.3 Å². The maximum atomic E-state index is 12.4. The van der Waals surface area contributed by atoms with Gasteiger partial charge >= 0.3 is 0 Å². The zero-order chi connectivity index (χ0) is 18.1. The summed E-state index contributed by atoms with van der Waals surface area (Å²) in [6.07, 6.45) is 0.237. The number of sulfone groups is 1. The highest BCUT2D eigenvalue weighted by atomic mass is 32.2. The number of para-hydroxylation sites is 1. The molecule has 0 aromatic heterocycles. The monoisotopic (exact) mass is 386 g/mol. The minimum Gasteiger partial charge on any atom is -0.316 e. The van der Waals surface area contributed by atoms with E-state index in [2.05, 4.69) is 4.99 Å². The van der Waals surface area contributed by atoms with E-state index >= 15 is 0 Å². The van der Waals surface area contributed by atoms with Crippen LogP contribution in [0.25, 0.3) is 0 Å². The second-order valence-electron chi connectivity index (χ2n) is 6.46. The van der Waals surface area contributed by atoms with Gasteiger partial charge in [-0.15, -0.1) is 0 Å². The van der Waals surface area contributed by atoms with Crippen molar-refractivity contribution in [3.63, 3.8) is 0 Å². The third-order valence-corrected chi connectivity index (χ3v) is 7.73. The van der Waals surface area contributed by atoms with Gasteiger partial charge in [0.05, 0.1) is 24.0 Å². The summed E-state index contributed by atoms with van der Waals surface area (Å²) in [7, 11) is -3.05. The smallest absolute Gasteiger partial charge is 0.252 e.